The van der Waals surface area contributed by atoms with Crippen LogP contribution in [0, 0.1) is 11.3 Å². The lowest BCUT2D eigenvalue weighted by molar-refractivity contribution is -0.116. The monoisotopic (exact) mass is 279 g/mol. The maximum atomic E-state index is 11.7. The highest BCUT2D eigenvalue weighted by atomic mass is 35.5. The summed E-state index contributed by atoms with van der Waals surface area (Å²) in [6, 6.07) is 6.81. The summed E-state index contributed by atoms with van der Waals surface area (Å²) in [5.74, 6) is -0.0562. The molecule has 0 aliphatic heterocycles. The fraction of sp³-hybridized carbons (Fsp3) is 0.429. The van der Waals surface area contributed by atoms with Gasteiger partial charge < -0.3 is 11.1 Å². The number of carbonyl (C=O) groups is 1. The zero-order valence-electron chi connectivity index (χ0n) is 10.8. The number of unbranched alkanes of at least 4 members (excludes halogenated alkanes) is 3. The van der Waals surface area contributed by atoms with Crippen molar-refractivity contribution in [1.29, 1.82) is 5.26 Å². The van der Waals surface area contributed by atoms with Crippen LogP contribution in [0.2, 0.25) is 5.02 Å². The van der Waals surface area contributed by atoms with Gasteiger partial charge in [-0.1, -0.05) is 24.4 Å². The first-order valence-corrected chi connectivity index (χ1v) is 6.74. The number of nitrogens with two attached hydrogens (primary N) is 1. The van der Waals surface area contributed by atoms with E-state index in [0.29, 0.717) is 29.2 Å². The number of hydrogen-bond acceptors (Lipinski definition) is 3. The van der Waals surface area contributed by atoms with E-state index in [9.17, 15) is 4.79 Å². The molecule has 0 atom stereocenters. The summed E-state index contributed by atoms with van der Waals surface area (Å²) in [6.45, 7) is 0.701. The average Bonchev–Trinajstić information content (AvgIpc) is 2.41. The molecule has 0 spiro atoms. The summed E-state index contributed by atoms with van der Waals surface area (Å²) < 4.78 is 0. The van der Waals surface area contributed by atoms with Gasteiger partial charge in [0, 0.05) is 6.42 Å². The summed E-state index contributed by atoms with van der Waals surface area (Å²) >= 11 is 5.98. The zero-order valence-corrected chi connectivity index (χ0v) is 11.5. The molecule has 0 unspecified atom stereocenters. The van der Waals surface area contributed by atoms with Crippen molar-refractivity contribution >= 4 is 23.2 Å². The van der Waals surface area contributed by atoms with Crippen molar-refractivity contribution in [3.05, 3.63) is 28.8 Å². The molecule has 0 bridgehead atoms. The number of carbonyl (C=O) groups excluding carboxylic acids is 1. The summed E-state index contributed by atoms with van der Waals surface area (Å²) in [5.41, 5.74) is 6.42. The minimum atomic E-state index is -0.0562. The van der Waals surface area contributed by atoms with Crippen LogP contribution in [-0.4, -0.2) is 12.5 Å². The smallest absolute Gasteiger partial charge is 0.224 e. The molecule has 1 amide bonds. The highest BCUT2D eigenvalue weighted by molar-refractivity contribution is 6.33. The average molecular weight is 280 g/mol. The Labute approximate surface area is 118 Å². The van der Waals surface area contributed by atoms with Crippen LogP contribution in [0.15, 0.2) is 18.2 Å². The van der Waals surface area contributed by atoms with Crippen LogP contribution in [0.4, 0.5) is 5.69 Å². The van der Waals surface area contributed by atoms with E-state index in [1.807, 2.05) is 6.07 Å². The molecule has 5 heteroatoms. The quantitative estimate of drug-likeness (QED) is 0.753. The molecule has 19 heavy (non-hydrogen) atoms. The van der Waals surface area contributed by atoms with Gasteiger partial charge >= 0.3 is 0 Å². The first kappa shape index (κ1) is 15.5. The lowest BCUT2D eigenvalue weighted by Gasteiger charge is -2.07. The maximum absolute atomic E-state index is 11.7. The number of amides is 1. The SMILES string of the molecule is N#Cc1ccc(NC(=O)CCCCCCN)c(Cl)c1. The molecular formula is C14H18ClN3O. The van der Waals surface area contributed by atoms with Gasteiger partial charge in [-0.3, -0.25) is 4.79 Å². The Kier molecular flexibility index (Phi) is 6.94. The third-order valence-electron chi connectivity index (χ3n) is 2.73. The number of halogens is 1. The second kappa shape index (κ2) is 8.52. The van der Waals surface area contributed by atoms with Crippen LogP contribution in [-0.2, 0) is 4.79 Å². The Morgan fingerprint density at radius 2 is 2.05 bits per heavy atom. The van der Waals surface area contributed by atoms with E-state index in [4.69, 9.17) is 22.6 Å². The maximum Gasteiger partial charge on any atom is 0.224 e. The first-order chi connectivity index (χ1) is 9.17. The Hall–Kier alpha value is -1.57. The molecule has 1 rings (SSSR count). The number of nitriles is 1. The van der Waals surface area contributed by atoms with Crippen molar-refractivity contribution in [2.45, 2.75) is 32.1 Å². The number of anilines is 1. The van der Waals surface area contributed by atoms with Gasteiger partial charge in [-0.2, -0.15) is 5.26 Å². The van der Waals surface area contributed by atoms with Crippen LogP contribution in [0.5, 0.6) is 0 Å². The highest BCUT2D eigenvalue weighted by Gasteiger charge is 2.06. The number of hydrogen-bond donors (Lipinski definition) is 2. The van der Waals surface area contributed by atoms with E-state index in [0.717, 1.165) is 25.7 Å². The van der Waals surface area contributed by atoms with Crippen LogP contribution in [0.1, 0.15) is 37.7 Å². The van der Waals surface area contributed by atoms with Crippen LogP contribution in [0.3, 0.4) is 0 Å². The molecule has 3 N–H and O–H groups in total. The summed E-state index contributed by atoms with van der Waals surface area (Å²) in [5, 5.41) is 11.8. The van der Waals surface area contributed by atoms with Gasteiger partial charge in [0.05, 0.1) is 22.3 Å². The van der Waals surface area contributed by atoms with Crippen molar-refractivity contribution < 1.29 is 4.79 Å². The Morgan fingerprint density at radius 3 is 2.68 bits per heavy atom. The topological polar surface area (TPSA) is 78.9 Å². The fourth-order valence-electron chi connectivity index (χ4n) is 1.68. The molecule has 1 aromatic carbocycles. The second-order valence-corrected chi connectivity index (χ2v) is 4.71. The van der Waals surface area contributed by atoms with E-state index in [1.165, 1.54) is 0 Å². The first-order valence-electron chi connectivity index (χ1n) is 6.37. The molecule has 0 radical (unpaired) electrons. The summed E-state index contributed by atoms with van der Waals surface area (Å²) in [4.78, 5) is 11.7. The van der Waals surface area contributed by atoms with Gasteiger partial charge in [0.15, 0.2) is 0 Å². The van der Waals surface area contributed by atoms with Gasteiger partial charge in [0.2, 0.25) is 5.91 Å². The highest BCUT2D eigenvalue weighted by Crippen LogP contribution is 2.23. The molecule has 0 aliphatic carbocycles. The normalized spacial score (nSPS) is 9.95. The summed E-state index contributed by atoms with van der Waals surface area (Å²) in [6.07, 6.45) is 4.39. The molecule has 102 valence electrons. The van der Waals surface area contributed by atoms with Gasteiger partial charge in [-0.25, -0.2) is 0 Å². The van der Waals surface area contributed by atoms with E-state index >= 15 is 0 Å². The largest absolute Gasteiger partial charge is 0.330 e. The molecule has 0 saturated heterocycles. The van der Waals surface area contributed by atoms with Crippen molar-refractivity contribution in [1.82, 2.24) is 0 Å². The van der Waals surface area contributed by atoms with Crippen molar-refractivity contribution in [3.8, 4) is 6.07 Å². The molecule has 0 heterocycles. The van der Waals surface area contributed by atoms with Crippen molar-refractivity contribution in [2.75, 3.05) is 11.9 Å². The predicted molar refractivity (Wildman–Crippen MR) is 76.9 cm³/mol. The lowest BCUT2D eigenvalue weighted by Crippen LogP contribution is -2.11. The molecular weight excluding hydrogens is 262 g/mol. The van der Waals surface area contributed by atoms with Gasteiger partial charge in [0.25, 0.3) is 0 Å². The molecule has 4 nitrogen and oxygen atoms in total. The number of rotatable bonds is 7. The third kappa shape index (κ3) is 5.73. The Bertz CT molecular complexity index is 468. The molecule has 0 aliphatic rings. The van der Waals surface area contributed by atoms with Crippen molar-refractivity contribution in [3.63, 3.8) is 0 Å². The van der Waals surface area contributed by atoms with Crippen LogP contribution in [0.25, 0.3) is 0 Å². The third-order valence-corrected chi connectivity index (χ3v) is 3.04. The van der Waals surface area contributed by atoms with Gasteiger partial charge in [-0.05, 0) is 37.6 Å². The van der Waals surface area contributed by atoms with E-state index in [-0.39, 0.29) is 5.91 Å². The molecule has 0 aromatic heterocycles. The second-order valence-electron chi connectivity index (χ2n) is 4.31. The summed E-state index contributed by atoms with van der Waals surface area (Å²) in [7, 11) is 0. The predicted octanol–water partition coefficient (Wildman–Crippen LogP) is 3.06. The van der Waals surface area contributed by atoms with E-state index in [1.54, 1.807) is 18.2 Å². The number of nitrogens with one attached hydrogen (secondary N) is 1. The minimum Gasteiger partial charge on any atom is -0.330 e. The van der Waals surface area contributed by atoms with Gasteiger partial charge in [-0.15, -0.1) is 0 Å². The van der Waals surface area contributed by atoms with Gasteiger partial charge in [0.1, 0.15) is 0 Å². The molecule has 1 aromatic rings. The van der Waals surface area contributed by atoms with Crippen LogP contribution >= 0.6 is 11.6 Å². The Morgan fingerprint density at radius 1 is 1.32 bits per heavy atom. The zero-order chi connectivity index (χ0) is 14.1. The minimum absolute atomic E-state index is 0.0562. The van der Waals surface area contributed by atoms with E-state index < -0.39 is 0 Å². The van der Waals surface area contributed by atoms with Crippen molar-refractivity contribution in [2.24, 2.45) is 5.73 Å². The standard InChI is InChI=1S/C14H18ClN3O/c15-12-9-11(10-17)6-7-13(12)18-14(19)5-3-1-2-4-8-16/h6-7,9H,1-5,8,16H2,(H,18,19). The lowest BCUT2D eigenvalue weighted by atomic mass is 10.1. The molecule has 0 saturated carbocycles. The fourth-order valence-corrected chi connectivity index (χ4v) is 1.91. The number of benzene rings is 1. The Balaban J connectivity index is 2.38. The number of nitrogens with zero attached hydrogens (tertiary/aromatic N) is 1. The van der Waals surface area contributed by atoms with Crippen LogP contribution < -0.4 is 11.1 Å². The van der Waals surface area contributed by atoms with E-state index in [2.05, 4.69) is 5.32 Å². The molecule has 0 fully saturated rings.